The molecule has 1 aliphatic rings. The van der Waals surface area contributed by atoms with Crippen molar-refractivity contribution in [1.29, 1.82) is 0 Å². The van der Waals surface area contributed by atoms with Gasteiger partial charge in [-0.05, 0) is 50.5 Å². The Labute approximate surface area is 141 Å². The molecule has 23 heavy (non-hydrogen) atoms. The van der Waals surface area contributed by atoms with E-state index < -0.39 is 0 Å². The number of nitrogens with zero attached hydrogens (tertiary/aromatic N) is 1. The molecule has 0 saturated carbocycles. The highest BCUT2D eigenvalue weighted by atomic mass is 32.1. The van der Waals surface area contributed by atoms with Crippen LogP contribution in [0, 0.1) is 5.92 Å². The molecule has 4 nitrogen and oxygen atoms in total. The van der Waals surface area contributed by atoms with Gasteiger partial charge in [0.25, 0.3) is 5.56 Å². The minimum absolute atomic E-state index is 0.0373. The van der Waals surface area contributed by atoms with Crippen molar-refractivity contribution < 1.29 is 0 Å². The van der Waals surface area contributed by atoms with Gasteiger partial charge in [0.2, 0.25) is 0 Å². The number of nitrogens with one attached hydrogen (secondary N) is 2. The number of rotatable bonds is 5. The summed E-state index contributed by atoms with van der Waals surface area (Å²) in [4.78, 5) is 22.7. The van der Waals surface area contributed by atoms with Crippen LogP contribution in [0.3, 0.4) is 0 Å². The third kappa shape index (κ3) is 3.22. The maximum absolute atomic E-state index is 12.6. The van der Waals surface area contributed by atoms with Crippen LogP contribution >= 0.6 is 11.3 Å². The number of aryl methyl sites for hydroxylation is 1. The smallest absolute Gasteiger partial charge is 0.259 e. The minimum Gasteiger partial charge on any atom is -0.309 e. The molecule has 126 valence electrons. The molecule has 0 fully saturated rings. The van der Waals surface area contributed by atoms with E-state index in [1.165, 1.54) is 16.9 Å². The molecule has 0 amide bonds. The van der Waals surface area contributed by atoms with Crippen LogP contribution in [-0.2, 0) is 12.8 Å². The van der Waals surface area contributed by atoms with Gasteiger partial charge >= 0.3 is 0 Å². The highest BCUT2D eigenvalue weighted by molar-refractivity contribution is 7.18. The van der Waals surface area contributed by atoms with E-state index in [9.17, 15) is 4.79 Å². The predicted octanol–water partition coefficient (Wildman–Crippen LogP) is 3.95. The Morgan fingerprint density at radius 1 is 1.39 bits per heavy atom. The molecule has 0 aliphatic heterocycles. The Bertz CT molecular complexity index is 745. The van der Waals surface area contributed by atoms with E-state index in [4.69, 9.17) is 4.98 Å². The van der Waals surface area contributed by atoms with Gasteiger partial charge in [0.05, 0.1) is 11.4 Å². The van der Waals surface area contributed by atoms with Gasteiger partial charge in [0.1, 0.15) is 10.7 Å². The minimum atomic E-state index is 0.0373. The van der Waals surface area contributed by atoms with Crippen LogP contribution < -0.4 is 10.9 Å². The highest BCUT2D eigenvalue weighted by Gasteiger charge is 2.24. The van der Waals surface area contributed by atoms with Crippen LogP contribution in [0.25, 0.3) is 10.2 Å². The number of aromatic nitrogens is 2. The average molecular weight is 334 g/mol. The third-order valence-corrected chi connectivity index (χ3v) is 6.21. The third-order valence-electron chi connectivity index (χ3n) is 5.07. The van der Waals surface area contributed by atoms with E-state index in [2.05, 4.69) is 38.0 Å². The van der Waals surface area contributed by atoms with Crippen LogP contribution in [0.4, 0.5) is 0 Å². The fraction of sp³-hybridized carbons (Fsp3) is 0.667. The highest BCUT2D eigenvalue weighted by Crippen LogP contribution is 2.35. The maximum atomic E-state index is 12.6. The Morgan fingerprint density at radius 2 is 2.13 bits per heavy atom. The summed E-state index contributed by atoms with van der Waals surface area (Å²) in [6.07, 6.45) is 5.44. The molecule has 0 aromatic carbocycles. The number of thiophene rings is 1. The number of hydrogen-bond acceptors (Lipinski definition) is 4. The summed E-state index contributed by atoms with van der Waals surface area (Å²) in [5.74, 6) is 1.48. The summed E-state index contributed by atoms with van der Waals surface area (Å²) >= 11 is 1.72. The first-order valence-electron chi connectivity index (χ1n) is 8.83. The van der Waals surface area contributed by atoms with E-state index in [0.717, 1.165) is 41.7 Å². The van der Waals surface area contributed by atoms with Gasteiger partial charge in [0.15, 0.2) is 0 Å². The van der Waals surface area contributed by atoms with Crippen LogP contribution in [-0.4, -0.2) is 16.0 Å². The lowest BCUT2D eigenvalue weighted by molar-refractivity contribution is 0.421. The van der Waals surface area contributed by atoms with Crippen LogP contribution in [0.5, 0.6) is 0 Å². The van der Waals surface area contributed by atoms with Gasteiger partial charge in [-0.1, -0.05) is 20.8 Å². The topological polar surface area (TPSA) is 57.8 Å². The molecular formula is C18H27N3OS. The Hall–Kier alpha value is -1.20. The number of aromatic amines is 1. The molecule has 5 heteroatoms. The zero-order valence-corrected chi connectivity index (χ0v) is 15.3. The van der Waals surface area contributed by atoms with Crippen LogP contribution in [0.1, 0.15) is 69.3 Å². The standard InChI is InChI=1S/C18H27N3OS/c1-5-12(6-2)19-11(4)16-20-17(22)15-13-8-7-10(3)9-14(13)23-18(15)21-16/h10-12,19H,5-9H2,1-4H3,(H,20,21,22)/t10-,11+/m1/s1. The van der Waals surface area contributed by atoms with Crippen LogP contribution in [0.15, 0.2) is 4.79 Å². The van der Waals surface area contributed by atoms with Crippen molar-refractivity contribution >= 4 is 21.6 Å². The molecule has 2 N–H and O–H groups in total. The lowest BCUT2D eigenvalue weighted by Gasteiger charge is -2.20. The van der Waals surface area contributed by atoms with E-state index in [1.54, 1.807) is 11.3 Å². The summed E-state index contributed by atoms with van der Waals surface area (Å²) in [6.45, 7) is 8.74. The number of hydrogen-bond donors (Lipinski definition) is 2. The molecule has 0 bridgehead atoms. The summed E-state index contributed by atoms with van der Waals surface area (Å²) < 4.78 is 0. The van der Waals surface area contributed by atoms with Gasteiger partial charge in [0, 0.05) is 10.9 Å². The molecule has 2 atom stereocenters. The Balaban J connectivity index is 1.97. The second-order valence-electron chi connectivity index (χ2n) is 6.88. The van der Waals surface area contributed by atoms with Gasteiger partial charge < -0.3 is 10.3 Å². The van der Waals surface area contributed by atoms with Gasteiger partial charge in [-0.25, -0.2) is 4.98 Å². The largest absolute Gasteiger partial charge is 0.309 e. The second-order valence-corrected chi connectivity index (χ2v) is 7.97. The fourth-order valence-electron chi connectivity index (χ4n) is 3.53. The second kappa shape index (κ2) is 6.73. The SMILES string of the molecule is CCC(CC)N[C@@H](C)c1nc2sc3c(c2c(=O)[nH]1)CC[C@@H](C)C3. The van der Waals surface area contributed by atoms with Crippen molar-refractivity contribution in [2.75, 3.05) is 0 Å². The molecule has 1 aliphatic carbocycles. The maximum Gasteiger partial charge on any atom is 0.259 e. The van der Waals surface area contributed by atoms with Gasteiger partial charge in [-0.15, -0.1) is 11.3 Å². The van der Waals surface area contributed by atoms with E-state index in [1.807, 2.05) is 0 Å². The van der Waals surface area contributed by atoms with Gasteiger partial charge in [-0.3, -0.25) is 4.79 Å². The monoisotopic (exact) mass is 333 g/mol. The molecule has 2 heterocycles. The number of fused-ring (bicyclic) bond motifs is 3. The molecule has 3 rings (SSSR count). The first kappa shape index (κ1) is 16.7. The Kier molecular flexibility index (Phi) is 4.87. The molecule has 2 aromatic heterocycles. The molecular weight excluding hydrogens is 306 g/mol. The lowest BCUT2D eigenvalue weighted by atomic mass is 9.89. The van der Waals surface area contributed by atoms with E-state index >= 15 is 0 Å². The van der Waals surface area contributed by atoms with E-state index in [0.29, 0.717) is 12.0 Å². The molecule has 0 unspecified atom stereocenters. The Morgan fingerprint density at radius 3 is 2.83 bits per heavy atom. The van der Waals surface area contributed by atoms with Crippen molar-refractivity contribution in [3.8, 4) is 0 Å². The fourth-order valence-corrected chi connectivity index (χ4v) is 4.92. The van der Waals surface area contributed by atoms with Crippen molar-refractivity contribution in [3.05, 3.63) is 26.6 Å². The average Bonchev–Trinajstić information content (AvgIpc) is 2.89. The molecule has 0 spiro atoms. The summed E-state index contributed by atoms with van der Waals surface area (Å²) in [5, 5.41) is 4.41. The van der Waals surface area contributed by atoms with Gasteiger partial charge in [-0.2, -0.15) is 0 Å². The first-order chi connectivity index (χ1) is 11.0. The summed E-state index contributed by atoms with van der Waals surface area (Å²) in [7, 11) is 0. The summed E-state index contributed by atoms with van der Waals surface area (Å²) in [5.41, 5.74) is 1.29. The summed E-state index contributed by atoms with van der Waals surface area (Å²) in [6, 6.07) is 0.526. The zero-order valence-electron chi connectivity index (χ0n) is 14.5. The predicted molar refractivity (Wildman–Crippen MR) is 97.4 cm³/mol. The van der Waals surface area contributed by atoms with Crippen molar-refractivity contribution in [3.63, 3.8) is 0 Å². The quantitative estimate of drug-likeness (QED) is 0.871. The van der Waals surface area contributed by atoms with Crippen molar-refractivity contribution in [1.82, 2.24) is 15.3 Å². The molecule has 0 radical (unpaired) electrons. The first-order valence-corrected chi connectivity index (χ1v) is 9.65. The molecule has 2 aromatic rings. The van der Waals surface area contributed by atoms with Crippen molar-refractivity contribution in [2.24, 2.45) is 5.92 Å². The van der Waals surface area contributed by atoms with Crippen molar-refractivity contribution in [2.45, 2.75) is 71.9 Å². The van der Waals surface area contributed by atoms with E-state index in [-0.39, 0.29) is 11.6 Å². The lowest BCUT2D eigenvalue weighted by Crippen LogP contribution is -2.32. The molecule has 0 saturated heterocycles. The normalized spacial score (nSPS) is 19.3. The number of H-pyrrole nitrogens is 1. The zero-order chi connectivity index (χ0) is 16.6. The van der Waals surface area contributed by atoms with Crippen LogP contribution in [0.2, 0.25) is 0 Å².